The van der Waals surface area contributed by atoms with Gasteiger partial charge in [-0.1, -0.05) is 30.3 Å². The van der Waals surface area contributed by atoms with E-state index in [1.165, 1.54) is 11.3 Å². The minimum absolute atomic E-state index is 0.00895. The van der Waals surface area contributed by atoms with Gasteiger partial charge in [0.05, 0.1) is 5.69 Å². The van der Waals surface area contributed by atoms with Gasteiger partial charge in [-0.2, -0.15) is 21.7 Å². The smallest absolute Gasteiger partial charge is 0.276 e. The lowest BCUT2D eigenvalue weighted by Gasteiger charge is -2.08. The average molecular weight is 415 g/mol. The van der Waals surface area contributed by atoms with Gasteiger partial charge in [-0.05, 0) is 12.5 Å². The first kappa shape index (κ1) is 20.1. The summed E-state index contributed by atoms with van der Waals surface area (Å²) in [6, 6.07) is 9.94. The van der Waals surface area contributed by atoms with Crippen molar-refractivity contribution in [3.05, 3.63) is 74.4 Å². The lowest BCUT2D eigenvalue weighted by Crippen LogP contribution is -2.21. The zero-order valence-corrected chi connectivity index (χ0v) is 17.1. The van der Waals surface area contributed by atoms with Crippen LogP contribution in [0.25, 0.3) is 0 Å². The molecule has 2 heterocycles. The summed E-state index contributed by atoms with van der Waals surface area (Å²) in [4.78, 5) is 28.2. The molecule has 0 spiro atoms. The number of H-pyrrole nitrogens is 1. The van der Waals surface area contributed by atoms with Crippen molar-refractivity contribution in [1.82, 2.24) is 15.0 Å². The van der Waals surface area contributed by atoms with Gasteiger partial charge in [-0.25, -0.2) is 4.98 Å². The molecule has 9 heteroatoms. The van der Waals surface area contributed by atoms with Crippen LogP contribution in [0.5, 0.6) is 0 Å². The number of aromatic amines is 1. The van der Waals surface area contributed by atoms with Crippen molar-refractivity contribution in [3.63, 3.8) is 0 Å². The normalized spacial score (nSPS) is 10.8. The van der Waals surface area contributed by atoms with Crippen LogP contribution in [-0.4, -0.2) is 26.7 Å². The SMILES string of the molecule is Cc1[nH]c(CCSCc2csc(N=C(N)N)n2)nc(=O)c1Cc1ccccc1. The molecule has 0 bridgehead atoms. The number of nitrogens with zero attached hydrogens (tertiary/aromatic N) is 3. The number of benzene rings is 1. The van der Waals surface area contributed by atoms with E-state index in [1.54, 1.807) is 11.8 Å². The lowest BCUT2D eigenvalue weighted by molar-refractivity contribution is 0.874. The van der Waals surface area contributed by atoms with Crippen molar-refractivity contribution in [1.29, 1.82) is 0 Å². The van der Waals surface area contributed by atoms with Gasteiger partial charge in [-0.15, -0.1) is 11.3 Å². The van der Waals surface area contributed by atoms with E-state index >= 15 is 0 Å². The summed E-state index contributed by atoms with van der Waals surface area (Å²) in [5.41, 5.74) is 14.2. The van der Waals surface area contributed by atoms with E-state index in [0.29, 0.717) is 23.8 Å². The van der Waals surface area contributed by atoms with Crippen LogP contribution in [0.15, 0.2) is 45.5 Å². The maximum atomic E-state index is 12.4. The first-order valence-corrected chi connectivity index (χ1v) is 10.8. The Bertz CT molecular complexity index is 1010. The summed E-state index contributed by atoms with van der Waals surface area (Å²) in [6.45, 7) is 1.93. The number of rotatable bonds is 8. The Labute approximate surface area is 171 Å². The number of hydrogen-bond donors (Lipinski definition) is 3. The van der Waals surface area contributed by atoms with Crippen molar-refractivity contribution in [3.8, 4) is 0 Å². The number of aromatic nitrogens is 3. The summed E-state index contributed by atoms with van der Waals surface area (Å²) >= 11 is 3.13. The second-order valence-electron chi connectivity index (χ2n) is 6.22. The summed E-state index contributed by atoms with van der Waals surface area (Å²) in [7, 11) is 0. The molecular weight excluding hydrogens is 392 g/mol. The Morgan fingerprint density at radius 2 is 2.04 bits per heavy atom. The zero-order valence-electron chi connectivity index (χ0n) is 15.5. The van der Waals surface area contributed by atoms with E-state index in [4.69, 9.17) is 11.5 Å². The fourth-order valence-corrected chi connectivity index (χ4v) is 4.32. The molecule has 0 saturated carbocycles. The van der Waals surface area contributed by atoms with E-state index in [9.17, 15) is 4.79 Å². The Balaban J connectivity index is 1.54. The molecule has 28 heavy (non-hydrogen) atoms. The highest BCUT2D eigenvalue weighted by Crippen LogP contribution is 2.22. The third kappa shape index (κ3) is 5.67. The first-order valence-electron chi connectivity index (χ1n) is 8.75. The second-order valence-corrected chi connectivity index (χ2v) is 8.16. The lowest BCUT2D eigenvalue weighted by atomic mass is 10.1. The Morgan fingerprint density at radius 1 is 1.25 bits per heavy atom. The fourth-order valence-electron chi connectivity index (χ4n) is 2.67. The van der Waals surface area contributed by atoms with E-state index in [-0.39, 0.29) is 11.5 Å². The molecule has 0 amide bonds. The van der Waals surface area contributed by atoms with Crippen LogP contribution >= 0.6 is 23.1 Å². The van der Waals surface area contributed by atoms with Gasteiger partial charge in [0.2, 0.25) is 5.13 Å². The van der Waals surface area contributed by atoms with Crippen LogP contribution in [0.1, 0.15) is 28.3 Å². The van der Waals surface area contributed by atoms with Gasteiger partial charge in [0.15, 0.2) is 5.96 Å². The van der Waals surface area contributed by atoms with Crippen molar-refractivity contribution in [2.45, 2.75) is 25.5 Å². The molecule has 3 rings (SSSR count). The van der Waals surface area contributed by atoms with Crippen molar-refractivity contribution >= 4 is 34.2 Å². The molecular formula is C19H22N6OS2. The Morgan fingerprint density at radius 3 is 2.75 bits per heavy atom. The molecule has 3 aromatic rings. The van der Waals surface area contributed by atoms with E-state index < -0.39 is 0 Å². The van der Waals surface area contributed by atoms with Crippen molar-refractivity contribution < 1.29 is 0 Å². The first-order chi connectivity index (χ1) is 13.5. The molecule has 7 nitrogen and oxygen atoms in total. The summed E-state index contributed by atoms with van der Waals surface area (Å²) in [5, 5.41) is 2.50. The van der Waals surface area contributed by atoms with E-state index in [1.807, 2.05) is 42.6 Å². The number of hydrogen-bond acceptors (Lipinski definition) is 6. The van der Waals surface area contributed by atoms with E-state index in [2.05, 4.69) is 19.9 Å². The summed E-state index contributed by atoms with van der Waals surface area (Å²) in [5.74, 6) is 2.31. The molecule has 146 valence electrons. The minimum atomic E-state index is -0.151. The molecule has 0 aliphatic heterocycles. The van der Waals surface area contributed by atoms with Gasteiger partial charge in [-0.3, -0.25) is 4.79 Å². The molecule has 0 unspecified atom stereocenters. The minimum Gasteiger partial charge on any atom is -0.370 e. The molecule has 5 N–H and O–H groups in total. The van der Waals surface area contributed by atoms with Crippen LogP contribution in [0.4, 0.5) is 5.13 Å². The maximum absolute atomic E-state index is 12.4. The maximum Gasteiger partial charge on any atom is 0.276 e. The molecule has 0 radical (unpaired) electrons. The Kier molecular flexibility index (Phi) is 6.83. The number of aliphatic imine (C=N–C) groups is 1. The van der Waals surface area contributed by atoms with Crippen LogP contribution in [-0.2, 0) is 18.6 Å². The molecule has 2 aromatic heterocycles. The fraction of sp³-hybridized carbons (Fsp3) is 0.263. The van der Waals surface area contributed by atoms with Crippen molar-refractivity contribution in [2.24, 2.45) is 16.5 Å². The Hall–Kier alpha value is -2.65. The monoisotopic (exact) mass is 414 g/mol. The van der Waals surface area contributed by atoms with Gasteiger partial charge in [0.25, 0.3) is 5.56 Å². The van der Waals surface area contributed by atoms with Crippen LogP contribution in [0, 0.1) is 6.92 Å². The predicted octanol–water partition coefficient (Wildman–Crippen LogP) is 2.51. The summed E-state index contributed by atoms with van der Waals surface area (Å²) < 4.78 is 0. The van der Waals surface area contributed by atoms with Crippen molar-refractivity contribution in [2.75, 3.05) is 5.75 Å². The number of nitrogens with two attached hydrogens (primary N) is 2. The number of thioether (sulfide) groups is 1. The molecule has 0 aliphatic rings. The number of guanidine groups is 1. The van der Waals surface area contributed by atoms with Gasteiger partial charge in [0, 0.05) is 41.0 Å². The number of thiazole rings is 1. The second kappa shape index (κ2) is 9.52. The van der Waals surface area contributed by atoms with Gasteiger partial charge in [0.1, 0.15) is 5.82 Å². The molecule has 1 aromatic carbocycles. The van der Waals surface area contributed by atoms with Crippen LogP contribution in [0.3, 0.4) is 0 Å². The van der Waals surface area contributed by atoms with Crippen LogP contribution in [0.2, 0.25) is 0 Å². The summed E-state index contributed by atoms with van der Waals surface area (Å²) in [6.07, 6.45) is 1.28. The third-order valence-electron chi connectivity index (χ3n) is 4.00. The highest BCUT2D eigenvalue weighted by Gasteiger charge is 2.09. The molecule has 0 aliphatic carbocycles. The number of aryl methyl sites for hydroxylation is 2. The molecule has 0 atom stereocenters. The molecule has 0 saturated heterocycles. The largest absolute Gasteiger partial charge is 0.370 e. The highest BCUT2D eigenvalue weighted by molar-refractivity contribution is 7.98. The predicted molar refractivity (Wildman–Crippen MR) is 116 cm³/mol. The topological polar surface area (TPSA) is 123 Å². The molecule has 0 fully saturated rings. The quantitative estimate of drug-likeness (QED) is 0.296. The highest BCUT2D eigenvalue weighted by atomic mass is 32.2. The number of nitrogens with one attached hydrogen (secondary N) is 1. The van der Waals surface area contributed by atoms with Gasteiger partial charge >= 0.3 is 0 Å². The van der Waals surface area contributed by atoms with Gasteiger partial charge < -0.3 is 16.5 Å². The average Bonchev–Trinajstić information content (AvgIpc) is 3.09. The standard InChI is InChI=1S/C19H22N6OS2/c1-12-15(9-13-5-3-2-4-6-13)17(26)24-16(22-12)7-8-27-10-14-11-28-19(23-14)25-18(20)21/h2-6,11H,7-10H2,1H3,(H,22,24,26)(H4,20,21,23,25). The zero-order chi connectivity index (χ0) is 19.9. The van der Waals surface area contributed by atoms with Crippen LogP contribution < -0.4 is 17.0 Å². The third-order valence-corrected chi connectivity index (χ3v) is 5.78. The van der Waals surface area contributed by atoms with E-state index in [0.717, 1.165) is 34.0 Å².